The number of carboxylic acid groups (broad SMARTS) is 1. The number of ether oxygens (including phenoxy) is 1. The summed E-state index contributed by atoms with van der Waals surface area (Å²) < 4.78 is 18.9. The van der Waals surface area contributed by atoms with E-state index < -0.39 is 11.8 Å². The van der Waals surface area contributed by atoms with Crippen LogP contribution in [0.25, 0.3) is 0 Å². The molecule has 0 aromatic heterocycles. The molecule has 0 bridgehead atoms. The average molecular weight is 315 g/mol. The van der Waals surface area contributed by atoms with E-state index in [4.69, 9.17) is 33.0 Å². The largest absolute Gasteiger partial charge is 0.486 e. The van der Waals surface area contributed by atoms with Gasteiger partial charge in [0.1, 0.15) is 6.61 Å². The Morgan fingerprint density at radius 3 is 2.60 bits per heavy atom. The number of aromatic carboxylic acids is 1. The van der Waals surface area contributed by atoms with Crippen LogP contribution in [0.15, 0.2) is 36.4 Å². The Balaban J connectivity index is 2.15. The lowest BCUT2D eigenvalue weighted by atomic mass is 10.1. The molecule has 3 nitrogen and oxygen atoms in total. The van der Waals surface area contributed by atoms with Gasteiger partial charge < -0.3 is 9.84 Å². The highest BCUT2D eigenvalue weighted by atomic mass is 35.5. The molecule has 0 aliphatic carbocycles. The number of halogens is 3. The Kier molecular flexibility index (Phi) is 4.47. The van der Waals surface area contributed by atoms with E-state index in [0.717, 1.165) is 0 Å². The molecule has 20 heavy (non-hydrogen) atoms. The number of benzene rings is 2. The lowest BCUT2D eigenvalue weighted by Crippen LogP contribution is -2.01. The average Bonchev–Trinajstić information content (AvgIpc) is 2.41. The highest BCUT2D eigenvalue weighted by Gasteiger charge is 2.10. The van der Waals surface area contributed by atoms with Crippen molar-refractivity contribution in [2.45, 2.75) is 6.61 Å². The van der Waals surface area contributed by atoms with Gasteiger partial charge in [0.15, 0.2) is 11.6 Å². The number of hydrogen-bond donors (Lipinski definition) is 1. The second kappa shape index (κ2) is 6.11. The summed E-state index contributed by atoms with van der Waals surface area (Å²) in [5.74, 6) is -1.71. The third-order valence-corrected chi connectivity index (χ3v) is 3.24. The summed E-state index contributed by atoms with van der Waals surface area (Å²) in [7, 11) is 0. The zero-order chi connectivity index (χ0) is 14.7. The molecule has 0 radical (unpaired) electrons. The normalized spacial score (nSPS) is 10.3. The molecule has 0 fully saturated rings. The van der Waals surface area contributed by atoms with Crippen LogP contribution in [0.2, 0.25) is 10.0 Å². The van der Waals surface area contributed by atoms with Crippen LogP contribution in [0.1, 0.15) is 15.9 Å². The van der Waals surface area contributed by atoms with Crippen molar-refractivity contribution in [3.63, 3.8) is 0 Å². The molecule has 0 aliphatic heterocycles. The predicted molar refractivity (Wildman–Crippen MR) is 74.2 cm³/mol. The van der Waals surface area contributed by atoms with Crippen LogP contribution in [-0.4, -0.2) is 11.1 Å². The van der Waals surface area contributed by atoms with Gasteiger partial charge in [-0.15, -0.1) is 0 Å². The van der Waals surface area contributed by atoms with E-state index >= 15 is 0 Å². The standard InChI is InChI=1S/C14H9Cl2FO3/c15-10-2-1-3-12(13(10)17)20-7-9-5-4-8(14(18)19)6-11(9)16/h1-6H,7H2,(H,18,19). The maximum atomic E-state index is 13.6. The van der Waals surface area contributed by atoms with Crippen LogP contribution < -0.4 is 4.74 Å². The van der Waals surface area contributed by atoms with E-state index in [1.54, 1.807) is 6.07 Å². The maximum Gasteiger partial charge on any atom is 0.335 e. The molecular formula is C14H9Cl2FO3. The van der Waals surface area contributed by atoms with Gasteiger partial charge in [0.25, 0.3) is 0 Å². The fourth-order valence-corrected chi connectivity index (χ4v) is 1.95. The van der Waals surface area contributed by atoms with Crippen LogP contribution in [0.4, 0.5) is 4.39 Å². The summed E-state index contributed by atoms with van der Waals surface area (Å²) in [6.45, 7) is 0.00992. The SMILES string of the molecule is O=C(O)c1ccc(COc2cccc(Cl)c2F)c(Cl)c1. The minimum atomic E-state index is -1.07. The van der Waals surface area contributed by atoms with Crippen molar-refractivity contribution >= 4 is 29.2 Å². The third kappa shape index (κ3) is 3.21. The summed E-state index contributed by atoms with van der Waals surface area (Å²) in [6.07, 6.45) is 0. The number of rotatable bonds is 4. The number of carboxylic acids is 1. The summed E-state index contributed by atoms with van der Waals surface area (Å²) in [6, 6.07) is 8.67. The van der Waals surface area contributed by atoms with Crippen LogP contribution in [0.3, 0.4) is 0 Å². The number of hydrogen-bond acceptors (Lipinski definition) is 2. The van der Waals surface area contributed by atoms with Gasteiger partial charge >= 0.3 is 5.97 Å². The third-order valence-electron chi connectivity index (χ3n) is 2.60. The first kappa shape index (κ1) is 14.6. The molecule has 0 unspecified atom stereocenters. The van der Waals surface area contributed by atoms with E-state index in [9.17, 15) is 9.18 Å². The van der Waals surface area contributed by atoms with Crippen LogP contribution >= 0.6 is 23.2 Å². The second-order valence-electron chi connectivity index (χ2n) is 3.95. The zero-order valence-electron chi connectivity index (χ0n) is 10.1. The zero-order valence-corrected chi connectivity index (χ0v) is 11.6. The molecule has 0 atom stereocenters. The van der Waals surface area contributed by atoms with Gasteiger partial charge in [0.05, 0.1) is 10.6 Å². The Hall–Kier alpha value is -1.78. The van der Waals surface area contributed by atoms with Crippen LogP contribution in [0.5, 0.6) is 5.75 Å². The van der Waals surface area contributed by atoms with E-state index in [-0.39, 0.29) is 28.0 Å². The Morgan fingerprint density at radius 1 is 1.20 bits per heavy atom. The highest BCUT2D eigenvalue weighted by Crippen LogP contribution is 2.26. The molecule has 0 heterocycles. The van der Waals surface area contributed by atoms with E-state index in [1.165, 1.54) is 30.3 Å². The molecule has 0 saturated heterocycles. The van der Waals surface area contributed by atoms with Crippen molar-refractivity contribution in [1.29, 1.82) is 0 Å². The van der Waals surface area contributed by atoms with Gasteiger partial charge in [0, 0.05) is 10.6 Å². The smallest absolute Gasteiger partial charge is 0.335 e. The molecule has 1 N–H and O–H groups in total. The minimum Gasteiger partial charge on any atom is -0.486 e. The summed E-state index contributed by atoms with van der Waals surface area (Å²) in [5.41, 5.74) is 0.628. The van der Waals surface area contributed by atoms with Crippen molar-refractivity contribution in [2.75, 3.05) is 0 Å². The first-order valence-corrected chi connectivity index (χ1v) is 6.33. The molecule has 2 aromatic carbocycles. The fraction of sp³-hybridized carbons (Fsp3) is 0.0714. The van der Waals surface area contributed by atoms with Crippen molar-refractivity contribution in [2.24, 2.45) is 0 Å². The van der Waals surface area contributed by atoms with Gasteiger partial charge in [-0.2, -0.15) is 0 Å². The first-order chi connectivity index (χ1) is 9.49. The first-order valence-electron chi connectivity index (χ1n) is 5.57. The Morgan fingerprint density at radius 2 is 1.95 bits per heavy atom. The predicted octanol–water partition coefficient (Wildman–Crippen LogP) is 4.41. The van der Waals surface area contributed by atoms with E-state index in [2.05, 4.69) is 0 Å². The quantitative estimate of drug-likeness (QED) is 0.909. The lowest BCUT2D eigenvalue weighted by Gasteiger charge is -2.09. The molecule has 0 aliphatic rings. The molecule has 0 saturated carbocycles. The monoisotopic (exact) mass is 314 g/mol. The minimum absolute atomic E-state index is 0.00992. The van der Waals surface area contributed by atoms with Gasteiger partial charge in [-0.3, -0.25) is 0 Å². The summed E-state index contributed by atoms with van der Waals surface area (Å²) in [4.78, 5) is 10.8. The van der Waals surface area contributed by atoms with Crippen molar-refractivity contribution < 1.29 is 19.0 Å². The van der Waals surface area contributed by atoms with Crippen LogP contribution in [0, 0.1) is 5.82 Å². The molecular weight excluding hydrogens is 306 g/mol. The summed E-state index contributed by atoms with van der Waals surface area (Å²) in [5, 5.41) is 9.03. The van der Waals surface area contributed by atoms with Crippen molar-refractivity contribution in [3.05, 3.63) is 63.4 Å². The fourth-order valence-electron chi connectivity index (χ4n) is 1.55. The molecule has 6 heteroatoms. The van der Waals surface area contributed by atoms with Crippen molar-refractivity contribution in [1.82, 2.24) is 0 Å². The molecule has 2 rings (SSSR count). The van der Waals surface area contributed by atoms with Gasteiger partial charge in [0.2, 0.25) is 0 Å². The van der Waals surface area contributed by atoms with Crippen LogP contribution in [-0.2, 0) is 6.61 Å². The molecule has 0 spiro atoms. The highest BCUT2D eigenvalue weighted by molar-refractivity contribution is 6.31. The Bertz CT molecular complexity index is 659. The summed E-state index contributed by atoms with van der Waals surface area (Å²) >= 11 is 11.6. The van der Waals surface area contributed by atoms with Gasteiger partial charge in [-0.1, -0.05) is 35.3 Å². The molecule has 0 amide bonds. The second-order valence-corrected chi connectivity index (χ2v) is 4.77. The van der Waals surface area contributed by atoms with Crippen molar-refractivity contribution in [3.8, 4) is 5.75 Å². The van der Waals surface area contributed by atoms with E-state index in [1.807, 2.05) is 0 Å². The van der Waals surface area contributed by atoms with Gasteiger partial charge in [-0.25, -0.2) is 9.18 Å². The Labute approximate surface area is 124 Å². The molecule has 104 valence electrons. The van der Waals surface area contributed by atoms with E-state index in [0.29, 0.717) is 5.56 Å². The van der Waals surface area contributed by atoms with Gasteiger partial charge in [-0.05, 0) is 24.3 Å². The molecule has 2 aromatic rings. The maximum absolute atomic E-state index is 13.6. The lowest BCUT2D eigenvalue weighted by molar-refractivity contribution is 0.0697. The topological polar surface area (TPSA) is 46.5 Å². The number of carbonyl (C=O) groups is 1.